The lowest BCUT2D eigenvalue weighted by molar-refractivity contribution is -0.0937. The van der Waals surface area contributed by atoms with Crippen LogP contribution in [-0.4, -0.2) is 46.3 Å². The van der Waals surface area contributed by atoms with Gasteiger partial charge in [-0.05, 0) is 69.2 Å². The zero-order valence-corrected chi connectivity index (χ0v) is 19.6. The second kappa shape index (κ2) is 9.91. The smallest absolute Gasteiger partial charge is 0.360 e. The van der Waals surface area contributed by atoms with Crippen molar-refractivity contribution >= 4 is 22.6 Å². The summed E-state index contributed by atoms with van der Waals surface area (Å²) in [6, 6.07) is 9.28. The van der Waals surface area contributed by atoms with Crippen molar-refractivity contribution in [3.8, 4) is 11.5 Å². The van der Waals surface area contributed by atoms with Gasteiger partial charge in [-0.1, -0.05) is 11.6 Å². The summed E-state index contributed by atoms with van der Waals surface area (Å²) in [5, 5.41) is 32.8. The predicted molar refractivity (Wildman–Crippen MR) is 129 cm³/mol. The molecule has 35 heavy (non-hydrogen) atoms. The van der Waals surface area contributed by atoms with Crippen molar-refractivity contribution in [2.75, 3.05) is 11.9 Å². The molecule has 0 aliphatic carbocycles. The molecule has 1 aliphatic rings. The zero-order chi connectivity index (χ0) is 25.3. The molecule has 9 nitrogen and oxygen atoms in total. The molecule has 0 bridgehead atoms. The van der Waals surface area contributed by atoms with Crippen molar-refractivity contribution < 1.29 is 34.0 Å². The number of anilines is 1. The molecule has 1 amide bonds. The van der Waals surface area contributed by atoms with Gasteiger partial charge in [0.1, 0.15) is 35.0 Å². The van der Waals surface area contributed by atoms with E-state index >= 15 is 0 Å². The van der Waals surface area contributed by atoms with Gasteiger partial charge < -0.3 is 34.5 Å². The number of aliphatic hydroxyl groups excluding tert-OH is 2. The van der Waals surface area contributed by atoms with Gasteiger partial charge in [-0.15, -0.1) is 0 Å². The fraction of sp³-hybridized carbons (Fsp3) is 0.308. The Hall–Kier alpha value is -3.66. The lowest BCUT2D eigenvalue weighted by Gasteiger charge is -2.18. The molecule has 184 valence electrons. The summed E-state index contributed by atoms with van der Waals surface area (Å²) in [5.74, 6) is -0.107. The van der Waals surface area contributed by atoms with Gasteiger partial charge in [0, 0.05) is 16.5 Å². The van der Waals surface area contributed by atoms with Crippen LogP contribution in [0.1, 0.15) is 35.3 Å². The fourth-order valence-corrected chi connectivity index (χ4v) is 3.72. The average molecular weight is 482 g/mol. The van der Waals surface area contributed by atoms with E-state index < -0.39 is 30.0 Å². The number of aliphatic hydroxyl groups is 2. The Labute approximate surface area is 201 Å². The number of ether oxygens (including phenoxy) is 2. The highest BCUT2D eigenvalue weighted by molar-refractivity contribution is 6.05. The molecule has 3 aromatic rings. The number of fused-ring (bicyclic) bond motifs is 1. The van der Waals surface area contributed by atoms with Gasteiger partial charge in [0.15, 0.2) is 0 Å². The molecular formula is C26H27NO8. The standard InChI is InChI=1S/C26H27NO8/c1-13(2)4-5-15-10-17(6-8-19(15)28)24(31)27-18-11-16-7-9-21(14(3)23(16)35-25(18)32)34-26-22(30)20(29)12-33-26/h4,6-11,20,22,26,28-30H,5,12H2,1-3H3,(H,27,31)/t20-,22-,26+/m1/s1. The fourth-order valence-electron chi connectivity index (χ4n) is 3.72. The third-order valence-electron chi connectivity index (χ3n) is 5.77. The molecule has 0 saturated carbocycles. The van der Waals surface area contributed by atoms with Crippen LogP contribution in [-0.2, 0) is 11.2 Å². The number of hydrogen-bond acceptors (Lipinski definition) is 8. The highest BCUT2D eigenvalue weighted by atomic mass is 16.7. The zero-order valence-electron chi connectivity index (χ0n) is 19.6. The lowest BCUT2D eigenvalue weighted by atomic mass is 10.0. The third kappa shape index (κ3) is 5.22. The van der Waals surface area contributed by atoms with Crippen molar-refractivity contribution in [2.45, 2.75) is 45.7 Å². The van der Waals surface area contributed by atoms with Crippen LogP contribution in [0.5, 0.6) is 11.5 Å². The predicted octanol–water partition coefficient (Wildman–Crippen LogP) is 3.02. The van der Waals surface area contributed by atoms with Gasteiger partial charge in [-0.3, -0.25) is 4.79 Å². The minimum absolute atomic E-state index is 0.0350. The number of allylic oxidation sites excluding steroid dienone is 2. The van der Waals surface area contributed by atoms with Gasteiger partial charge in [-0.25, -0.2) is 4.79 Å². The van der Waals surface area contributed by atoms with Crippen LogP contribution < -0.4 is 15.7 Å². The number of carbonyl (C=O) groups is 1. The maximum Gasteiger partial charge on any atom is 0.360 e. The Morgan fingerprint density at radius 3 is 2.66 bits per heavy atom. The van der Waals surface area contributed by atoms with Gasteiger partial charge in [-0.2, -0.15) is 0 Å². The number of amides is 1. The molecule has 4 N–H and O–H groups in total. The molecule has 9 heteroatoms. The molecule has 0 unspecified atom stereocenters. The first-order valence-electron chi connectivity index (χ1n) is 11.1. The molecular weight excluding hydrogens is 454 g/mol. The topological polar surface area (TPSA) is 138 Å². The lowest BCUT2D eigenvalue weighted by Crippen LogP contribution is -2.33. The van der Waals surface area contributed by atoms with E-state index in [0.717, 1.165) is 5.57 Å². The molecule has 2 heterocycles. The Morgan fingerprint density at radius 1 is 1.20 bits per heavy atom. The maximum atomic E-state index is 12.8. The van der Waals surface area contributed by atoms with Crippen LogP contribution in [0.25, 0.3) is 11.0 Å². The Balaban J connectivity index is 1.57. The molecule has 1 fully saturated rings. The van der Waals surface area contributed by atoms with E-state index in [1.807, 2.05) is 19.9 Å². The molecule has 1 saturated heterocycles. The van der Waals surface area contributed by atoms with E-state index in [1.54, 1.807) is 25.1 Å². The number of benzene rings is 2. The Morgan fingerprint density at radius 2 is 1.97 bits per heavy atom. The van der Waals surface area contributed by atoms with Gasteiger partial charge in [0.25, 0.3) is 5.91 Å². The van der Waals surface area contributed by atoms with Crippen molar-refractivity contribution in [2.24, 2.45) is 0 Å². The molecule has 2 aromatic carbocycles. The first kappa shape index (κ1) is 24.5. The second-order valence-corrected chi connectivity index (χ2v) is 8.72. The van der Waals surface area contributed by atoms with Gasteiger partial charge in [0.2, 0.25) is 6.29 Å². The summed E-state index contributed by atoms with van der Waals surface area (Å²) in [6.45, 7) is 5.52. The second-order valence-electron chi connectivity index (χ2n) is 8.72. The summed E-state index contributed by atoms with van der Waals surface area (Å²) in [5.41, 5.74) is 1.94. The normalized spacial score (nSPS) is 19.5. The van der Waals surface area contributed by atoms with Crippen LogP contribution >= 0.6 is 0 Å². The van der Waals surface area contributed by atoms with Crippen molar-refractivity contribution in [1.29, 1.82) is 0 Å². The number of carbonyl (C=O) groups excluding carboxylic acids is 1. The molecule has 1 aromatic heterocycles. The first-order valence-corrected chi connectivity index (χ1v) is 11.1. The summed E-state index contributed by atoms with van der Waals surface area (Å²) >= 11 is 0. The van der Waals surface area contributed by atoms with Crippen molar-refractivity contribution in [3.05, 3.63) is 75.2 Å². The number of aromatic hydroxyl groups is 1. The SMILES string of the molecule is CC(C)=CCc1cc(C(=O)Nc2cc3ccc(O[C@@H]4OC[C@@H](O)[C@H]4O)c(C)c3oc2=O)ccc1O. The molecule has 3 atom stereocenters. The van der Waals surface area contributed by atoms with Gasteiger partial charge >= 0.3 is 5.63 Å². The molecule has 1 aliphatic heterocycles. The summed E-state index contributed by atoms with van der Waals surface area (Å²) < 4.78 is 16.4. The number of aryl methyl sites for hydroxylation is 1. The summed E-state index contributed by atoms with van der Waals surface area (Å²) in [7, 11) is 0. The number of hydrogen-bond donors (Lipinski definition) is 4. The van der Waals surface area contributed by atoms with E-state index in [1.165, 1.54) is 18.2 Å². The van der Waals surface area contributed by atoms with E-state index in [-0.39, 0.29) is 29.2 Å². The first-order chi connectivity index (χ1) is 16.6. The largest absolute Gasteiger partial charge is 0.508 e. The monoisotopic (exact) mass is 481 g/mol. The number of phenols is 1. The van der Waals surface area contributed by atoms with Gasteiger partial charge in [0.05, 0.1) is 6.61 Å². The maximum absolute atomic E-state index is 12.8. The number of phenolic OH excluding ortho intramolecular Hbond substituents is 1. The quantitative estimate of drug-likeness (QED) is 0.311. The highest BCUT2D eigenvalue weighted by Gasteiger charge is 2.36. The van der Waals surface area contributed by atoms with Crippen LogP contribution in [0.4, 0.5) is 5.69 Å². The van der Waals surface area contributed by atoms with Crippen LogP contribution in [0, 0.1) is 6.92 Å². The minimum Gasteiger partial charge on any atom is -0.508 e. The molecule has 0 radical (unpaired) electrons. The van der Waals surface area contributed by atoms with E-state index in [2.05, 4.69) is 5.32 Å². The molecule has 0 spiro atoms. The molecule has 4 rings (SSSR count). The van der Waals surface area contributed by atoms with Crippen LogP contribution in [0.2, 0.25) is 0 Å². The van der Waals surface area contributed by atoms with Crippen LogP contribution in [0.15, 0.2) is 57.3 Å². The Bertz CT molecular complexity index is 1360. The number of rotatable bonds is 6. The van der Waals surface area contributed by atoms with E-state index in [9.17, 15) is 24.9 Å². The van der Waals surface area contributed by atoms with Crippen molar-refractivity contribution in [1.82, 2.24) is 0 Å². The summed E-state index contributed by atoms with van der Waals surface area (Å²) in [6.07, 6.45) is -0.868. The summed E-state index contributed by atoms with van der Waals surface area (Å²) in [4.78, 5) is 25.4. The highest BCUT2D eigenvalue weighted by Crippen LogP contribution is 2.30. The van der Waals surface area contributed by atoms with E-state index in [0.29, 0.717) is 28.7 Å². The van der Waals surface area contributed by atoms with E-state index in [4.69, 9.17) is 13.9 Å². The third-order valence-corrected chi connectivity index (χ3v) is 5.77. The minimum atomic E-state index is -1.20. The number of nitrogens with one attached hydrogen (secondary N) is 1. The Kier molecular flexibility index (Phi) is 6.93. The average Bonchev–Trinajstić information content (AvgIpc) is 3.13. The van der Waals surface area contributed by atoms with Crippen molar-refractivity contribution in [3.63, 3.8) is 0 Å². The van der Waals surface area contributed by atoms with Crippen LogP contribution in [0.3, 0.4) is 0 Å².